The number of aromatic nitrogens is 2. The summed E-state index contributed by atoms with van der Waals surface area (Å²) < 4.78 is 2.43. The van der Waals surface area contributed by atoms with Crippen molar-refractivity contribution in [2.24, 2.45) is 5.41 Å². The van der Waals surface area contributed by atoms with Gasteiger partial charge in [-0.3, -0.25) is 0 Å². The molecule has 1 aliphatic rings. The Balaban J connectivity index is 1.96. The molecule has 1 heterocycles. The predicted molar refractivity (Wildman–Crippen MR) is 88.4 cm³/mol. The molecule has 20 heavy (non-hydrogen) atoms. The molecule has 0 saturated heterocycles. The van der Waals surface area contributed by atoms with Crippen LogP contribution < -0.4 is 0 Å². The van der Waals surface area contributed by atoms with Gasteiger partial charge in [-0.2, -0.15) is 0 Å². The van der Waals surface area contributed by atoms with Crippen molar-refractivity contribution in [3.05, 3.63) is 30.1 Å². The van der Waals surface area contributed by atoms with Crippen LogP contribution in [0.4, 0.5) is 0 Å². The maximum Gasteiger partial charge on any atom is 0.110 e. The Bertz CT molecular complexity index is 604. The third kappa shape index (κ3) is 2.65. The van der Waals surface area contributed by atoms with Crippen molar-refractivity contribution in [2.45, 2.75) is 57.3 Å². The van der Waals surface area contributed by atoms with Gasteiger partial charge in [0.15, 0.2) is 0 Å². The van der Waals surface area contributed by atoms with Crippen LogP contribution in [0.1, 0.15) is 45.4 Å². The van der Waals surface area contributed by atoms with E-state index in [1.807, 2.05) is 0 Å². The average molecular weight is 335 g/mol. The Morgan fingerprint density at radius 3 is 2.90 bits per heavy atom. The second-order valence-electron chi connectivity index (χ2n) is 6.50. The zero-order chi connectivity index (χ0) is 14.2. The van der Waals surface area contributed by atoms with Crippen LogP contribution in [0.5, 0.6) is 0 Å². The molecule has 2 unspecified atom stereocenters. The molecular formula is C17H23BrN2. The monoisotopic (exact) mass is 334 g/mol. The molecule has 3 heteroatoms. The molecule has 0 amide bonds. The van der Waals surface area contributed by atoms with Gasteiger partial charge in [-0.25, -0.2) is 4.98 Å². The normalized spacial score (nSPS) is 26.4. The molecule has 3 rings (SSSR count). The van der Waals surface area contributed by atoms with Crippen LogP contribution in [0.15, 0.2) is 24.3 Å². The van der Waals surface area contributed by atoms with Gasteiger partial charge in [0, 0.05) is 17.8 Å². The van der Waals surface area contributed by atoms with Crippen LogP contribution in [0.25, 0.3) is 11.0 Å². The number of benzene rings is 1. The van der Waals surface area contributed by atoms with Crippen LogP contribution in [-0.4, -0.2) is 14.4 Å². The summed E-state index contributed by atoms with van der Waals surface area (Å²) in [6.07, 6.45) is 6.13. The molecule has 2 aromatic rings. The lowest BCUT2D eigenvalue weighted by Gasteiger charge is -2.23. The van der Waals surface area contributed by atoms with Crippen LogP contribution >= 0.6 is 15.9 Å². The molecule has 0 aliphatic heterocycles. The molecule has 1 saturated carbocycles. The fourth-order valence-electron chi connectivity index (χ4n) is 3.52. The molecule has 1 fully saturated rings. The summed E-state index contributed by atoms with van der Waals surface area (Å²) in [6, 6.07) is 8.54. The van der Waals surface area contributed by atoms with E-state index in [0.29, 0.717) is 10.2 Å². The van der Waals surface area contributed by atoms with Crippen molar-refractivity contribution in [3.63, 3.8) is 0 Å². The molecule has 0 N–H and O–H groups in total. The Morgan fingerprint density at radius 2 is 2.20 bits per heavy atom. The molecule has 1 aliphatic carbocycles. The summed E-state index contributed by atoms with van der Waals surface area (Å²) in [5.41, 5.74) is 2.84. The number of fused-ring (bicyclic) bond motifs is 1. The van der Waals surface area contributed by atoms with Gasteiger partial charge in [-0.05, 0) is 43.2 Å². The molecular weight excluding hydrogens is 312 g/mol. The largest absolute Gasteiger partial charge is 0.328 e. The van der Waals surface area contributed by atoms with Gasteiger partial charge >= 0.3 is 0 Å². The van der Waals surface area contributed by atoms with Gasteiger partial charge in [0.25, 0.3) is 0 Å². The van der Waals surface area contributed by atoms with E-state index in [1.165, 1.54) is 30.6 Å². The first-order chi connectivity index (χ1) is 9.61. The lowest BCUT2D eigenvalue weighted by molar-refractivity contribution is 0.323. The highest BCUT2D eigenvalue weighted by Crippen LogP contribution is 2.43. The zero-order valence-electron chi connectivity index (χ0n) is 12.4. The number of nitrogens with zero attached hydrogens (tertiary/aromatic N) is 2. The predicted octanol–water partition coefficient (Wildman–Crippen LogP) is 4.94. The molecule has 1 aromatic heterocycles. The molecule has 0 spiro atoms. The smallest absolute Gasteiger partial charge is 0.110 e. The third-order valence-electron chi connectivity index (χ3n) is 4.54. The minimum atomic E-state index is 0.404. The average Bonchev–Trinajstić information content (AvgIpc) is 2.92. The van der Waals surface area contributed by atoms with Crippen molar-refractivity contribution in [2.75, 3.05) is 0 Å². The van der Waals surface area contributed by atoms with E-state index in [0.717, 1.165) is 24.9 Å². The van der Waals surface area contributed by atoms with E-state index >= 15 is 0 Å². The quantitative estimate of drug-likeness (QED) is 0.724. The van der Waals surface area contributed by atoms with E-state index in [9.17, 15) is 0 Å². The Morgan fingerprint density at radius 1 is 1.40 bits per heavy atom. The highest BCUT2D eigenvalue weighted by Gasteiger charge is 2.35. The zero-order valence-corrected chi connectivity index (χ0v) is 14.0. The fourth-order valence-corrected chi connectivity index (χ4v) is 4.53. The number of aryl methyl sites for hydroxylation is 1. The number of hydrogen-bond acceptors (Lipinski definition) is 1. The van der Waals surface area contributed by atoms with E-state index in [2.05, 4.69) is 58.6 Å². The number of para-hydroxylation sites is 2. The van der Waals surface area contributed by atoms with Gasteiger partial charge in [0.1, 0.15) is 5.82 Å². The van der Waals surface area contributed by atoms with Crippen LogP contribution in [0.3, 0.4) is 0 Å². The molecule has 2 nitrogen and oxygen atoms in total. The lowest BCUT2D eigenvalue weighted by atomic mass is 9.85. The highest BCUT2D eigenvalue weighted by atomic mass is 79.9. The van der Waals surface area contributed by atoms with E-state index in [-0.39, 0.29) is 0 Å². The Kier molecular flexibility index (Phi) is 3.89. The SMILES string of the molecule is CCCn1c(CC2(C)CCC(Br)C2)nc2ccccc21. The standard InChI is InChI=1S/C17H23BrN2/c1-3-10-20-15-7-5-4-6-14(15)19-16(20)12-17(2)9-8-13(18)11-17/h4-7,13H,3,8-12H2,1-2H3. The maximum atomic E-state index is 4.91. The van der Waals surface area contributed by atoms with Crippen molar-refractivity contribution >= 4 is 27.0 Å². The minimum Gasteiger partial charge on any atom is -0.328 e. The third-order valence-corrected chi connectivity index (χ3v) is 5.32. The van der Waals surface area contributed by atoms with Gasteiger partial charge in [-0.15, -0.1) is 0 Å². The lowest BCUT2D eigenvalue weighted by Crippen LogP contribution is -2.19. The first kappa shape index (κ1) is 14.1. The van der Waals surface area contributed by atoms with Crippen molar-refractivity contribution in [3.8, 4) is 0 Å². The van der Waals surface area contributed by atoms with Gasteiger partial charge in [-0.1, -0.05) is 41.9 Å². The van der Waals surface area contributed by atoms with Crippen LogP contribution in [0.2, 0.25) is 0 Å². The number of hydrogen-bond donors (Lipinski definition) is 0. The molecule has 1 aromatic carbocycles. The number of halogens is 1. The second kappa shape index (κ2) is 5.51. The summed E-state index contributed by atoms with van der Waals surface area (Å²) in [6.45, 7) is 5.73. The molecule has 0 bridgehead atoms. The number of rotatable bonds is 4. The van der Waals surface area contributed by atoms with Crippen LogP contribution in [0, 0.1) is 5.41 Å². The van der Waals surface area contributed by atoms with E-state index in [4.69, 9.17) is 4.98 Å². The van der Waals surface area contributed by atoms with Crippen molar-refractivity contribution in [1.82, 2.24) is 9.55 Å². The summed E-state index contributed by atoms with van der Waals surface area (Å²) in [5, 5.41) is 0. The first-order valence-electron chi connectivity index (χ1n) is 7.69. The summed E-state index contributed by atoms with van der Waals surface area (Å²) in [7, 11) is 0. The minimum absolute atomic E-state index is 0.404. The number of alkyl halides is 1. The van der Waals surface area contributed by atoms with Crippen molar-refractivity contribution < 1.29 is 0 Å². The van der Waals surface area contributed by atoms with Crippen LogP contribution in [-0.2, 0) is 13.0 Å². The van der Waals surface area contributed by atoms with Gasteiger partial charge in [0.2, 0.25) is 0 Å². The number of imidazole rings is 1. The van der Waals surface area contributed by atoms with E-state index in [1.54, 1.807) is 0 Å². The van der Waals surface area contributed by atoms with Crippen molar-refractivity contribution in [1.29, 1.82) is 0 Å². The summed E-state index contributed by atoms with van der Waals surface area (Å²) >= 11 is 3.78. The molecule has 2 atom stereocenters. The van der Waals surface area contributed by atoms with E-state index < -0.39 is 0 Å². The summed E-state index contributed by atoms with van der Waals surface area (Å²) in [5.74, 6) is 1.28. The molecule has 108 valence electrons. The topological polar surface area (TPSA) is 17.8 Å². The maximum absolute atomic E-state index is 4.91. The van der Waals surface area contributed by atoms with Gasteiger partial charge < -0.3 is 4.57 Å². The Hall–Kier alpha value is -0.830. The second-order valence-corrected chi connectivity index (χ2v) is 7.79. The highest BCUT2D eigenvalue weighted by molar-refractivity contribution is 9.09. The first-order valence-corrected chi connectivity index (χ1v) is 8.61. The summed E-state index contributed by atoms with van der Waals surface area (Å²) in [4.78, 5) is 5.60. The van der Waals surface area contributed by atoms with Gasteiger partial charge in [0.05, 0.1) is 11.0 Å². The fraction of sp³-hybridized carbons (Fsp3) is 0.588. The Labute approximate surface area is 129 Å². The molecule has 0 radical (unpaired) electrons.